The summed E-state index contributed by atoms with van der Waals surface area (Å²) in [6.45, 7) is 4.45. The molecule has 2 saturated heterocycles. The number of ether oxygens (including phenoxy) is 1. The summed E-state index contributed by atoms with van der Waals surface area (Å²) >= 11 is 1.72. The summed E-state index contributed by atoms with van der Waals surface area (Å²) in [5.74, 6) is 0.605. The molecule has 3 heterocycles. The van der Waals surface area contributed by atoms with E-state index in [2.05, 4.69) is 10.4 Å². The molecule has 0 radical (unpaired) electrons. The van der Waals surface area contributed by atoms with Crippen LogP contribution in [0.1, 0.15) is 42.3 Å². The van der Waals surface area contributed by atoms with Crippen LogP contribution in [0.15, 0.2) is 5.38 Å². The molecule has 1 aromatic rings. The fourth-order valence-electron chi connectivity index (χ4n) is 2.91. The number of hydrogen-bond donors (Lipinski definition) is 0. The minimum absolute atomic E-state index is 0.184. The lowest BCUT2D eigenvalue weighted by Gasteiger charge is -2.33. The molecule has 2 unspecified atom stereocenters. The quantitative estimate of drug-likeness (QED) is 0.835. The van der Waals surface area contributed by atoms with Gasteiger partial charge < -0.3 is 9.64 Å². The highest BCUT2D eigenvalue weighted by molar-refractivity contribution is 7.09. The zero-order valence-electron chi connectivity index (χ0n) is 11.3. The number of nitrogens with zero attached hydrogens (tertiary/aromatic N) is 2. The van der Waals surface area contributed by atoms with Crippen LogP contribution in [0.4, 0.5) is 0 Å². The molecule has 3 rings (SSSR count). The third-order valence-electron chi connectivity index (χ3n) is 3.92. The van der Waals surface area contributed by atoms with E-state index >= 15 is 0 Å². The van der Waals surface area contributed by atoms with Crippen molar-refractivity contribution < 1.29 is 9.53 Å². The Balaban J connectivity index is 1.65. The van der Waals surface area contributed by atoms with Crippen molar-refractivity contribution in [3.63, 3.8) is 0 Å². The summed E-state index contributed by atoms with van der Waals surface area (Å²) < 4.78 is 5.51. The molecular weight excluding hydrogens is 260 g/mol. The van der Waals surface area contributed by atoms with Gasteiger partial charge in [-0.25, -0.2) is 4.98 Å². The number of thiazole rings is 1. The highest BCUT2D eigenvalue weighted by Crippen LogP contribution is 2.30. The van der Waals surface area contributed by atoms with Crippen LogP contribution in [0.5, 0.6) is 0 Å². The Morgan fingerprint density at radius 2 is 2.37 bits per heavy atom. The lowest BCUT2D eigenvalue weighted by molar-refractivity contribution is -0.142. The topological polar surface area (TPSA) is 42.4 Å². The van der Waals surface area contributed by atoms with Crippen LogP contribution in [-0.4, -0.2) is 41.6 Å². The maximum atomic E-state index is 12.4. The average molecular weight is 280 g/mol. The van der Waals surface area contributed by atoms with E-state index in [-0.39, 0.29) is 12.0 Å². The Kier molecular flexibility index (Phi) is 3.84. The molecule has 0 N–H and O–H groups in total. The van der Waals surface area contributed by atoms with Gasteiger partial charge in [-0.1, -0.05) is 0 Å². The van der Waals surface area contributed by atoms with E-state index in [0.717, 1.165) is 51.1 Å². The van der Waals surface area contributed by atoms with Crippen molar-refractivity contribution >= 4 is 17.2 Å². The number of carbonyl (C=O) groups excluding carboxylic acids is 1. The van der Waals surface area contributed by atoms with Gasteiger partial charge >= 0.3 is 0 Å². The smallest absolute Gasteiger partial charge is 0.251 e. The first kappa shape index (κ1) is 13.1. The molecule has 2 aliphatic rings. The maximum absolute atomic E-state index is 12.4. The van der Waals surface area contributed by atoms with Gasteiger partial charge in [-0.15, -0.1) is 11.3 Å². The van der Waals surface area contributed by atoms with Gasteiger partial charge in [-0.3, -0.25) is 4.79 Å². The molecule has 0 spiro atoms. The van der Waals surface area contributed by atoms with Gasteiger partial charge in [0.1, 0.15) is 6.10 Å². The molecule has 2 aliphatic heterocycles. The highest BCUT2D eigenvalue weighted by atomic mass is 32.1. The van der Waals surface area contributed by atoms with E-state index in [9.17, 15) is 4.79 Å². The van der Waals surface area contributed by atoms with Crippen LogP contribution >= 0.6 is 11.3 Å². The van der Waals surface area contributed by atoms with E-state index in [4.69, 9.17) is 4.74 Å². The molecule has 2 atom stereocenters. The standard InChI is InChI=1S/C14H20N2O2S/c1-10-9-19-13(15-10)11-4-2-6-16(8-11)14(17)12-5-3-7-18-12/h9,11-12H,2-8H2,1H3. The Labute approximate surface area is 117 Å². The molecule has 4 nitrogen and oxygen atoms in total. The van der Waals surface area contributed by atoms with E-state index in [1.54, 1.807) is 11.3 Å². The SMILES string of the molecule is Cc1csc(C2CCCN(C(=O)C3CCCO3)C2)n1. The molecule has 0 saturated carbocycles. The zero-order valence-corrected chi connectivity index (χ0v) is 12.1. The molecule has 19 heavy (non-hydrogen) atoms. The number of amides is 1. The molecule has 104 valence electrons. The van der Waals surface area contributed by atoms with Crippen LogP contribution < -0.4 is 0 Å². The van der Waals surface area contributed by atoms with E-state index in [0.29, 0.717) is 5.92 Å². The first-order valence-corrected chi connectivity index (χ1v) is 7.94. The van der Waals surface area contributed by atoms with Crippen LogP contribution in [0, 0.1) is 6.92 Å². The van der Waals surface area contributed by atoms with Gasteiger partial charge in [0.05, 0.1) is 5.01 Å². The summed E-state index contributed by atoms with van der Waals surface area (Å²) in [4.78, 5) is 18.9. The van der Waals surface area contributed by atoms with Crippen molar-refractivity contribution in [1.29, 1.82) is 0 Å². The molecule has 2 fully saturated rings. The fraction of sp³-hybridized carbons (Fsp3) is 0.714. The molecule has 0 aromatic carbocycles. The fourth-order valence-corrected chi connectivity index (χ4v) is 3.84. The number of aromatic nitrogens is 1. The second kappa shape index (κ2) is 5.59. The molecule has 5 heteroatoms. The van der Waals surface area contributed by atoms with Gasteiger partial charge in [-0.2, -0.15) is 0 Å². The largest absolute Gasteiger partial charge is 0.368 e. The third-order valence-corrected chi connectivity index (χ3v) is 5.05. The van der Waals surface area contributed by atoms with Crippen molar-refractivity contribution in [1.82, 2.24) is 9.88 Å². The lowest BCUT2D eigenvalue weighted by Crippen LogP contribution is -2.44. The molecule has 1 aromatic heterocycles. The van der Waals surface area contributed by atoms with E-state index < -0.39 is 0 Å². The first-order chi connectivity index (χ1) is 9.24. The second-order valence-corrected chi connectivity index (χ2v) is 6.34. The summed E-state index contributed by atoms with van der Waals surface area (Å²) in [6.07, 6.45) is 3.93. The maximum Gasteiger partial charge on any atom is 0.251 e. The Morgan fingerprint density at radius 3 is 3.05 bits per heavy atom. The minimum atomic E-state index is -0.184. The number of rotatable bonds is 2. The zero-order chi connectivity index (χ0) is 13.2. The molecule has 1 amide bonds. The van der Waals surface area contributed by atoms with Crippen LogP contribution in [-0.2, 0) is 9.53 Å². The van der Waals surface area contributed by atoms with Crippen LogP contribution in [0.25, 0.3) is 0 Å². The average Bonchev–Trinajstić information content (AvgIpc) is 3.09. The van der Waals surface area contributed by atoms with Crippen molar-refractivity contribution in [2.24, 2.45) is 0 Å². The van der Waals surface area contributed by atoms with Gasteiger partial charge in [-0.05, 0) is 32.6 Å². The lowest BCUT2D eigenvalue weighted by atomic mass is 9.98. The Hall–Kier alpha value is -0.940. The minimum Gasteiger partial charge on any atom is -0.368 e. The predicted octanol–water partition coefficient (Wildman–Crippen LogP) is 2.34. The summed E-state index contributed by atoms with van der Waals surface area (Å²) in [6, 6.07) is 0. The normalized spacial score (nSPS) is 27.7. The number of piperidine rings is 1. The van der Waals surface area contributed by atoms with Crippen molar-refractivity contribution in [3.8, 4) is 0 Å². The van der Waals surface area contributed by atoms with E-state index in [1.807, 2.05) is 11.8 Å². The summed E-state index contributed by atoms with van der Waals surface area (Å²) in [5, 5.41) is 3.28. The summed E-state index contributed by atoms with van der Waals surface area (Å²) in [5.41, 5.74) is 1.09. The predicted molar refractivity (Wildman–Crippen MR) is 74.4 cm³/mol. The van der Waals surface area contributed by atoms with Gasteiger partial charge in [0, 0.05) is 36.7 Å². The van der Waals surface area contributed by atoms with Crippen molar-refractivity contribution in [3.05, 3.63) is 16.1 Å². The molecular formula is C14H20N2O2S. The van der Waals surface area contributed by atoms with Gasteiger partial charge in [0.25, 0.3) is 5.91 Å². The number of hydrogen-bond acceptors (Lipinski definition) is 4. The Bertz CT molecular complexity index is 454. The van der Waals surface area contributed by atoms with Crippen LogP contribution in [0.2, 0.25) is 0 Å². The number of likely N-dealkylation sites (tertiary alicyclic amines) is 1. The second-order valence-electron chi connectivity index (χ2n) is 5.45. The van der Waals surface area contributed by atoms with Crippen LogP contribution in [0.3, 0.4) is 0 Å². The van der Waals surface area contributed by atoms with Gasteiger partial charge in [0.15, 0.2) is 0 Å². The highest BCUT2D eigenvalue weighted by Gasteiger charge is 2.32. The van der Waals surface area contributed by atoms with E-state index in [1.165, 1.54) is 5.01 Å². The van der Waals surface area contributed by atoms with Crippen molar-refractivity contribution in [2.45, 2.75) is 44.6 Å². The monoisotopic (exact) mass is 280 g/mol. The molecule has 0 bridgehead atoms. The number of aryl methyl sites for hydroxylation is 1. The number of carbonyl (C=O) groups is 1. The molecule has 0 aliphatic carbocycles. The summed E-state index contributed by atoms with van der Waals surface area (Å²) in [7, 11) is 0. The Morgan fingerprint density at radius 1 is 1.47 bits per heavy atom. The van der Waals surface area contributed by atoms with Gasteiger partial charge in [0.2, 0.25) is 0 Å². The van der Waals surface area contributed by atoms with Crippen molar-refractivity contribution in [2.75, 3.05) is 19.7 Å². The first-order valence-electron chi connectivity index (χ1n) is 7.06. The third kappa shape index (κ3) is 2.82.